The van der Waals surface area contributed by atoms with Crippen molar-refractivity contribution in [2.75, 3.05) is 11.5 Å². The summed E-state index contributed by atoms with van der Waals surface area (Å²) in [6.07, 6.45) is 1.91. The van der Waals surface area contributed by atoms with E-state index in [9.17, 15) is 29.1 Å². The van der Waals surface area contributed by atoms with Gasteiger partial charge in [-0.2, -0.15) is 4.57 Å². The van der Waals surface area contributed by atoms with Gasteiger partial charge in [-0.15, -0.1) is 11.8 Å². The highest BCUT2D eigenvalue weighted by Crippen LogP contribution is 2.40. The number of oxime groups is 1. The Hall–Kier alpha value is -4.72. The van der Waals surface area contributed by atoms with Crippen LogP contribution >= 0.6 is 34.7 Å². The predicted octanol–water partition coefficient (Wildman–Crippen LogP) is -1.58. The molecule has 2 aliphatic rings. The van der Waals surface area contributed by atoms with Crippen molar-refractivity contribution in [2.45, 2.75) is 37.5 Å². The molecule has 236 valence electrons. The number of thiazole rings is 1. The van der Waals surface area contributed by atoms with Crippen LogP contribution in [0.2, 0.25) is 4.34 Å². The zero-order valence-electron chi connectivity index (χ0n) is 23.0. The predicted molar refractivity (Wildman–Crippen MR) is 155 cm³/mol. The molecule has 3 aromatic rings. The number of aliphatic carboxylic acids is 2. The normalized spacial score (nSPS) is 18.7. The number of hydrogen-bond donors (Lipinski definition) is 5. The molecule has 0 unspecified atom stereocenters. The average molecular weight is 679 g/mol. The monoisotopic (exact) mass is 678 g/mol. The van der Waals surface area contributed by atoms with Crippen molar-refractivity contribution in [1.29, 1.82) is 0 Å². The van der Waals surface area contributed by atoms with E-state index >= 15 is 0 Å². The lowest BCUT2D eigenvalue weighted by Crippen LogP contribution is -2.71. The smallest absolute Gasteiger partial charge is 0.347 e. The molecule has 2 aliphatic heterocycles. The summed E-state index contributed by atoms with van der Waals surface area (Å²) in [5.41, 5.74) is 7.87. The zero-order valence-corrected chi connectivity index (χ0v) is 25.4. The topological polar surface area (TPSA) is 245 Å². The van der Waals surface area contributed by atoms with Crippen molar-refractivity contribution in [1.82, 2.24) is 25.2 Å². The number of amides is 3. The largest absolute Gasteiger partial charge is 0.543 e. The number of β-lactam (4-membered cyclic amide) rings is 1. The Morgan fingerprint density at radius 2 is 2.11 bits per heavy atom. The van der Waals surface area contributed by atoms with E-state index in [0.717, 1.165) is 16.2 Å². The number of pyridine rings is 1. The number of halogens is 1. The van der Waals surface area contributed by atoms with Gasteiger partial charge in [0.2, 0.25) is 11.6 Å². The molecule has 3 atom stereocenters. The molecule has 0 bridgehead atoms. The third kappa shape index (κ3) is 6.14. The minimum atomic E-state index is -1.58. The van der Waals surface area contributed by atoms with Gasteiger partial charge in [-0.05, 0) is 13.0 Å². The Kier molecular flexibility index (Phi) is 8.96. The van der Waals surface area contributed by atoms with Crippen LogP contribution in [0.25, 0.3) is 11.0 Å². The number of aromatic nitrogens is 3. The van der Waals surface area contributed by atoms with Gasteiger partial charge >= 0.3 is 5.97 Å². The van der Waals surface area contributed by atoms with Crippen molar-refractivity contribution in [3.63, 3.8) is 0 Å². The Balaban J connectivity index is 1.38. The number of nitrogens with one attached hydrogen (secondary N) is 2. The second-order valence-electron chi connectivity index (χ2n) is 9.69. The summed E-state index contributed by atoms with van der Waals surface area (Å²) in [5, 5.41) is 35.6. The van der Waals surface area contributed by atoms with Gasteiger partial charge < -0.3 is 35.5 Å². The Bertz CT molecular complexity index is 1810. The van der Waals surface area contributed by atoms with E-state index in [2.05, 4.69) is 15.5 Å². The number of nitrogen functional groups attached to an aromatic ring is 1. The molecule has 1 fully saturated rings. The van der Waals surface area contributed by atoms with Crippen LogP contribution in [0.4, 0.5) is 5.13 Å². The van der Waals surface area contributed by atoms with Crippen molar-refractivity contribution >= 4 is 86.2 Å². The summed E-state index contributed by atoms with van der Waals surface area (Å²) in [4.78, 5) is 71.6. The number of carboxylic acids is 2. The highest BCUT2D eigenvalue weighted by atomic mass is 35.5. The van der Waals surface area contributed by atoms with Crippen LogP contribution in [0.5, 0.6) is 0 Å². The summed E-state index contributed by atoms with van der Waals surface area (Å²) < 4.78 is 3.31. The van der Waals surface area contributed by atoms with Gasteiger partial charge in [0.1, 0.15) is 33.5 Å². The maximum atomic E-state index is 13.3. The Morgan fingerprint density at radius 3 is 2.76 bits per heavy atom. The molecule has 3 aromatic heterocycles. The van der Waals surface area contributed by atoms with Gasteiger partial charge in [0.15, 0.2) is 23.6 Å². The Labute approximate surface area is 265 Å². The zero-order chi connectivity index (χ0) is 32.6. The molecule has 5 heterocycles. The lowest BCUT2D eigenvalue weighted by Gasteiger charge is -2.50. The SMILES string of the molecule is C[C@H](O/N=C(\C(=O)N[C@@H]1C(=O)N2C(C(=O)[O-])=C(C[n+]3cccc4c3ccn4CC(=O)NO)CS[C@H]12)c1nc(N)sc1Cl)C(=O)O. The summed E-state index contributed by atoms with van der Waals surface area (Å²) in [7, 11) is 0. The number of rotatable bonds is 11. The minimum Gasteiger partial charge on any atom is -0.543 e. The van der Waals surface area contributed by atoms with Gasteiger partial charge in [-0.3, -0.25) is 24.5 Å². The van der Waals surface area contributed by atoms with Gasteiger partial charge in [0.05, 0.1) is 11.7 Å². The van der Waals surface area contributed by atoms with Gasteiger partial charge in [0, 0.05) is 29.7 Å². The number of hydrogen-bond acceptors (Lipinski definition) is 13. The molecule has 17 nitrogen and oxygen atoms in total. The third-order valence-corrected chi connectivity index (χ3v) is 9.26. The van der Waals surface area contributed by atoms with Crippen LogP contribution < -0.4 is 26.2 Å². The number of anilines is 1. The molecular formula is C25H23ClN8O9S2. The summed E-state index contributed by atoms with van der Waals surface area (Å²) in [6, 6.07) is 4.00. The fraction of sp³-hybridized carbons (Fsp3) is 0.280. The van der Waals surface area contributed by atoms with Crippen molar-refractivity contribution < 1.29 is 48.8 Å². The molecule has 5 rings (SSSR count). The first-order chi connectivity index (χ1) is 21.4. The summed E-state index contributed by atoms with van der Waals surface area (Å²) >= 11 is 8.18. The number of carbonyl (C=O) groups is 5. The second-order valence-corrected chi connectivity index (χ2v) is 12.4. The molecule has 3 amide bonds. The van der Waals surface area contributed by atoms with E-state index in [4.69, 9.17) is 32.5 Å². The third-order valence-electron chi connectivity index (χ3n) is 6.83. The van der Waals surface area contributed by atoms with Gasteiger partial charge in [-0.1, -0.05) is 28.1 Å². The van der Waals surface area contributed by atoms with E-state index in [1.807, 2.05) is 0 Å². The second kappa shape index (κ2) is 12.7. The van der Waals surface area contributed by atoms with Crippen molar-refractivity contribution in [3.8, 4) is 0 Å². The molecule has 6 N–H and O–H groups in total. The van der Waals surface area contributed by atoms with Crippen LogP contribution in [0.1, 0.15) is 12.6 Å². The number of thioether (sulfide) groups is 1. The molecule has 20 heteroatoms. The van der Waals surface area contributed by atoms with E-state index < -0.39 is 52.9 Å². The van der Waals surface area contributed by atoms with Crippen LogP contribution in [-0.2, 0) is 41.9 Å². The number of hydroxylamine groups is 1. The quantitative estimate of drug-likeness (QED) is 0.0507. The highest BCUT2D eigenvalue weighted by Gasteiger charge is 2.53. The van der Waals surface area contributed by atoms with E-state index in [1.165, 1.54) is 18.7 Å². The van der Waals surface area contributed by atoms with Crippen LogP contribution in [0.3, 0.4) is 0 Å². The van der Waals surface area contributed by atoms with Crippen LogP contribution in [0, 0.1) is 0 Å². The first-order valence-corrected chi connectivity index (χ1v) is 15.1. The Morgan fingerprint density at radius 1 is 1.36 bits per heavy atom. The number of nitrogens with two attached hydrogens (primary N) is 1. The summed E-state index contributed by atoms with van der Waals surface area (Å²) in [6.45, 7) is 1.10. The molecular weight excluding hydrogens is 656 g/mol. The lowest BCUT2D eigenvalue weighted by molar-refractivity contribution is -0.663. The molecule has 45 heavy (non-hydrogen) atoms. The number of fused-ring (bicyclic) bond motifs is 2. The highest BCUT2D eigenvalue weighted by molar-refractivity contribution is 8.00. The summed E-state index contributed by atoms with van der Waals surface area (Å²) in [5.74, 6) is -5.12. The van der Waals surface area contributed by atoms with Crippen LogP contribution in [0.15, 0.2) is 47.0 Å². The molecule has 0 radical (unpaired) electrons. The van der Waals surface area contributed by atoms with Crippen LogP contribution in [-0.4, -0.2) is 83.4 Å². The maximum absolute atomic E-state index is 13.3. The van der Waals surface area contributed by atoms with Crippen molar-refractivity contribution in [3.05, 3.63) is 51.9 Å². The fourth-order valence-corrected chi connectivity index (χ4v) is 6.99. The molecule has 0 saturated carbocycles. The number of nitrogens with zero attached hydrogens (tertiary/aromatic N) is 5. The lowest BCUT2D eigenvalue weighted by atomic mass is 10.0. The van der Waals surface area contributed by atoms with Gasteiger partial charge in [-0.25, -0.2) is 15.3 Å². The van der Waals surface area contributed by atoms with Gasteiger partial charge in [0.25, 0.3) is 17.7 Å². The minimum absolute atomic E-state index is 0.00688. The molecule has 1 saturated heterocycles. The molecule has 0 aromatic carbocycles. The first-order valence-electron chi connectivity index (χ1n) is 12.9. The number of carboxylic acid groups (broad SMARTS) is 2. The van der Waals surface area contributed by atoms with Crippen molar-refractivity contribution in [2.24, 2.45) is 5.16 Å². The average Bonchev–Trinajstić information content (AvgIpc) is 3.57. The first kappa shape index (κ1) is 31.7. The molecule has 0 aliphatic carbocycles. The molecule has 0 spiro atoms. The van der Waals surface area contributed by atoms with E-state index in [1.54, 1.807) is 45.2 Å². The van der Waals surface area contributed by atoms with E-state index in [0.29, 0.717) is 16.6 Å². The fourth-order valence-electron chi connectivity index (χ4n) is 4.72. The maximum Gasteiger partial charge on any atom is 0.347 e. The van der Waals surface area contributed by atoms with E-state index in [-0.39, 0.29) is 39.7 Å². The number of carbonyl (C=O) groups excluding carboxylic acids is 4. The standard InChI is InChI=1S/C25H23ClN8O9S2/c1-10(23(38)39)43-31-16(15-19(26)45-25(27)29-15)20(36)28-17-21(37)34-18(24(40)41)11(9-44-22(17)34)7-32-5-2-3-12-13(32)4-6-33(12)8-14(35)30-42/h2-6,10,17,22H,7-9H2,1H3,(H6-,27,28,29,30,31,35,36,38,39,40,41,42)/t10-,17+,22+/m0/s1.